The zero-order chi connectivity index (χ0) is 12.8. The molecule has 0 fully saturated rings. The molecule has 1 aromatic carbocycles. The van der Waals surface area contributed by atoms with Crippen LogP contribution in [0.2, 0.25) is 0 Å². The van der Waals surface area contributed by atoms with Crippen molar-refractivity contribution in [3.63, 3.8) is 0 Å². The molecule has 0 aromatic heterocycles. The number of aryl methyl sites for hydroxylation is 1. The average molecular weight is 236 g/mol. The Morgan fingerprint density at radius 1 is 1.41 bits per heavy atom. The second-order valence-electron chi connectivity index (χ2n) is 4.52. The van der Waals surface area contributed by atoms with Gasteiger partial charge in [0.2, 0.25) is 0 Å². The fourth-order valence-electron chi connectivity index (χ4n) is 1.80. The average Bonchev–Trinajstić information content (AvgIpc) is 2.23. The van der Waals surface area contributed by atoms with Crippen molar-refractivity contribution in [3.8, 4) is 5.75 Å². The molecule has 0 aliphatic rings. The molecule has 0 saturated heterocycles. The van der Waals surface area contributed by atoms with Crippen molar-refractivity contribution < 1.29 is 14.6 Å². The minimum Gasteiger partial charge on any atom is -0.494 e. The van der Waals surface area contributed by atoms with E-state index in [0.717, 1.165) is 5.75 Å². The van der Waals surface area contributed by atoms with Gasteiger partial charge in [-0.2, -0.15) is 0 Å². The smallest absolute Gasteiger partial charge is 0.303 e. The minimum atomic E-state index is -0.778. The van der Waals surface area contributed by atoms with Crippen LogP contribution in [-0.2, 0) is 4.79 Å². The Hall–Kier alpha value is -1.51. The van der Waals surface area contributed by atoms with Crippen molar-refractivity contribution in [2.24, 2.45) is 0 Å². The molecule has 0 aliphatic carbocycles. The summed E-state index contributed by atoms with van der Waals surface area (Å²) < 4.78 is 5.51. The quantitative estimate of drug-likeness (QED) is 0.770. The molecule has 0 heterocycles. The van der Waals surface area contributed by atoms with E-state index < -0.39 is 5.97 Å². The number of ether oxygens (including phenoxy) is 1. The van der Waals surface area contributed by atoms with Crippen LogP contribution in [0.3, 0.4) is 0 Å². The first kappa shape index (κ1) is 13.6. The van der Waals surface area contributed by atoms with Gasteiger partial charge in [-0.05, 0) is 42.5 Å². The van der Waals surface area contributed by atoms with Crippen LogP contribution in [0.15, 0.2) is 18.2 Å². The standard InChI is InChI=1S/C14H20O3/c1-10(2)13-7-6-12(9-11(13)3)17-8-4-5-14(15)16/h6-7,9-10H,4-5,8H2,1-3H3,(H,15,16). The van der Waals surface area contributed by atoms with E-state index in [-0.39, 0.29) is 6.42 Å². The zero-order valence-electron chi connectivity index (χ0n) is 10.7. The van der Waals surface area contributed by atoms with Crippen LogP contribution in [0.5, 0.6) is 5.75 Å². The summed E-state index contributed by atoms with van der Waals surface area (Å²) in [5, 5.41) is 8.50. The van der Waals surface area contributed by atoms with Gasteiger partial charge >= 0.3 is 5.97 Å². The molecular formula is C14H20O3. The molecule has 1 aromatic rings. The highest BCUT2D eigenvalue weighted by Crippen LogP contribution is 2.23. The molecule has 0 radical (unpaired) electrons. The van der Waals surface area contributed by atoms with E-state index in [1.807, 2.05) is 12.1 Å². The van der Waals surface area contributed by atoms with Gasteiger partial charge in [0, 0.05) is 6.42 Å². The summed E-state index contributed by atoms with van der Waals surface area (Å²) in [6.45, 7) is 6.84. The van der Waals surface area contributed by atoms with Gasteiger partial charge in [-0.25, -0.2) is 0 Å². The highest BCUT2D eigenvalue weighted by atomic mass is 16.5. The summed E-state index contributed by atoms with van der Waals surface area (Å²) in [5.41, 5.74) is 2.54. The third kappa shape index (κ3) is 4.47. The molecule has 0 spiro atoms. The maximum absolute atomic E-state index is 10.3. The van der Waals surface area contributed by atoms with Gasteiger partial charge < -0.3 is 9.84 Å². The summed E-state index contributed by atoms with van der Waals surface area (Å²) in [6, 6.07) is 6.03. The number of benzene rings is 1. The van der Waals surface area contributed by atoms with Gasteiger partial charge in [-0.3, -0.25) is 4.79 Å². The molecule has 0 atom stereocenters. The van der Waals surface area contributed by atoms with Crippen molar-refractivity contribution in [2.45, 2.75) is 39.5 Å². The number of carboxylic acids is 1. The molecule has 0 aliphatic heterocycles. The van der Waals surface area contributed by atoms with Gasteiger partial charge in [0.15, 0.2) is 0 Å². The lowest BCUT2D eigenvalue weighted by Gasteiger charge is -2.12. The predicted molar refractivity (Wildman–Crippen MR) is 67.6 cm³/mol. The van der Waals surface area contributed by atoms with Gasteiger partial charge in [0.05, 0.1) is 6.61 Å². The van der Waals surface area contributed by atoms with Gasteiger partial charge in [-0.1, -0.05) is 19.9 Å². The van der Waals surface area contributed by atoms with Gasteiger partial charge in [0.1, 0.15) is 5.75 Å². The van der Waals surface area contributed by atoms with E-state index in [9.17, 15) is 4.79 Å². The molecule has 0 amide bonds. The predicted octanol–water partition coefficient (Wildman–Crippen LogP) is 3.36. The first-order valence-electron chi connectivity index (χ1n) is 5.96. The number of aliphatic carboxylic acids is 1. The van der Waals surface area contributed by atoms with E-state index in [2.05, 4.69) is 26.8 Å². The molecule has 94 valence electrons. The van der Waals surface area contributed by atoms with Gasteiger partial charge in [-0.15, -0.1) is 0 Å². The normalized spacial score (nSPS) is 10.6. The molecule has 0 saturated carbocycles. The Morgan fingerprint density at radius 3 is 2.65 bits per heavy atom. The van der Waals surface area contributed by atoms with Crippen LogP contribution in [-0.4, -0.2) is 17.7 Å². The Kier molecular flexibility index (Phi) is 5.01. The van der Waals surface area contributed by atoms with Crippen LogP contribution in [0.4, 0.5) is 0 Å². The van der Waals surface area contributed by atoms with E-state index in [1.165, 1.54) is 11.1 Å². The lowest BCUT2D eigenvalue weighted by atomic mass is 9.98. The summed E-state index contributed by atoms with van der Waals surface area (Å²) in [4.78, 5) is 10.3. The molecule has 3 heteroatoms. The Bertz CT molecular complexity index is 383. The van der Waals surface area contributed by atoms with Crippen LogP contribution in [0, 0.1) is 6.92 Å². The lowest BCUT2D eigenvalue weighted by molar-refractivity contribution is -0.137. The maximum atomic E-state index is 10.3. The third-order valence-electron chi connectivity index (χ3n) is 2.67. The van der Waals surface area contributed by atoms with Crippen molar-refractivity contribution >= 4 is 5.97 Å². The topological polar surface area (TPSA) is 46.5 Å². The molecular weight excluding hydrogens is 216 g/mol. The first-order valence-corrected chi connectivity index (χ1v) is 5.96. The largest absolute Gasteiger partial charge is 0.494 e. The van der Waals surface area contributed by atoms with Crippen molar-refractivity contribution in [1.82, 2.24) is 0 Å². The van der Waals surface area contributed by atoms with E-state index in [0.29, 0.717) is 18.9 Å². The van der Waals surface area contributed by atoms with Crippen LogP contribution < -0.4 is 4.74 Å². The fourth-order valence-corrected chi connectivity index (χ4v) is 1.80. The number of carboxylic acid groups (broad SMARTS) is 1. The van der Waals surface area contributed by atoms with E-state index in [4.69, 9.17) is 9.84 Å². The second kappa shape index (κ2) is 6.28. The number of hydrogen-bond donors (Lipinski definition) is 1. The van der Waals surface area contributed by atoms with E-state index in [1.54, 1.807) is 0 Å². The highest BCUT2D eigenvalue weighted by molar-refractivity contribution is 5.66. The van der Waals surface area contributed by atoms with Crippen LogP contribution in [0.25, 0.3) is 0 Å². The first-order chi connectivity index (χ1) is 8.00. The molecule has 3 nitrogen and oxygen atoms in total. The number of rotatable bonds is 6. The summed E-state index contributed by atoms with van der Waals surface area (Å²) in [5.74, 6) is 0.549. The molecule has 0 unspecified atom stereocenters. The molecule has 0 bridgehead atoms. The van der Waals surface area contributed by atoms with Crippen molar-refractivity contribution in [2.75, 3.05) is 6.61 Å². The number of hydrogen-bond acceptors (Lipinski definition) is 2. The Balaban J connectivity index is 2.50. The fraction of sp³-hybridized carbons (Fsp3) is 0.500. The van der Waals surface area contributed by atoms with Gasteiger partial charge in [0.25, 0.3) is 0 Å². The van der Waals surface area contributed by atoms with E-state index >= 15 is 0 Å². The minimum absolute atomic E-state index is 0.156. The summed E-state index contributed by atoms with van der Waals surface area (Å²) in [7, 11) is 0. The van der Waals surface area contributed by atoms with Crippen LogP contribution >= 0.6 is 0 Å². The summed E-state index contributed by atoms with van der Waals surface area (Å²) >= 11 is 0. The Labute approximate surface area is 102 Å². The maximum Gasteiger partial charge on any atom is 0.303 e. The zero-order valence-corrected chi connectivity index (χ0v) is 10.7. The molecule has 1 N–H and O–H groups in total. The lowest BCUT2D eigenvalue weighted by Crippen LogP contribution is -2.02. The second-order valence-corrected chi connectivity index (χ2v) is 4.52. The summed E-state index contributed by atoms with van der Waals surface area (Å²) in [6.07, 6.45) is 0.698. The Morgan fingerprint density at radius 2 is 2.12 bits per heavy atom. The third-order valence-corrected chi connectivity index (χ3v) is 2.67. The van der Waals surface area contributed by atoms with Crippen LogP contribution in [0.1, 0.15) is 43.7 Å². The van der Waals surface area contributed by atoms with Crippen molar-refractivity contribution in [3.05, 3.63) is 29.3 Å². The highest BCUT2D eigenvalue weighted by Gasteiger charge is 2.04. The number of carbonyl (C=O) groups is 1. The SMILES string of the molecule is Cc1cc(OCCCC(=O)O)ccc1C(C)C. The molecule has 1 rings (SSSR count). The van der Waals surface area contributed by atoms with Crippen molar-refractivity contribution in [1.29, 1.82) is 0 Å². The monoisotopic (exact) mass is 236 g/mol. The molecule has 17 heavy (non-hydrogen) atoms.